The fourth-order valence-corrected chi connectivity index (χ4v) is 5.48. The lowest BCUT2D eigenvalue weighted by molar-refractivity contribution is -0.165. The summed E-state index contributed by atoms with van der Waals surface area (Å²) in [5.74, 6) is -0.0391. The van der Waals surface area contributed by atoms with Crippen molar-refractivity contribution in [1.82, 2.24) is 20.0 Å². The number of benzene rings is 1. The zero-order valence-corrected chi connectivity index (χ0v) is 21.3. The summed E-state index contributed by atoms with van der Waals surface area (Å²) in [7, 11) is 1.59. The van der Waals surface area contributed by atoms with Gasteiger partial charge in [0, 0.05) is 35.9 Å². The van der Waals surface area contributed by atoms with Gasteiger partial charge in [0.25, 0.3) is 5.91 Å². The Morgan fingerprint density at radius 1 is 1.16 bits per heavy atom. The van der Waals surface area contributed by atoms with Gasteiger partial charge in [0.1, 0.15) is 5.75 Å². The largest absolute Gasteiger partial charge is 0.494 e. The molecule has 2 saturated carbocycles. The van der Waals surface area contributed by atoms with Crippen molar-refractivity contribution in [1.29, 1.82) is 0 Å². The van der Waals surface area contributed by atoms with E-state index in [1.165, 1.54) is 6.42 Å². The summed E-state index contributed by atoms with van der Waals surface area (Å²) in [6.07, 6.45) is 11.1. The lowest BCUT2D eigenvalue weighted by atomic mass is 9.70. The van der Waals surface area contributed by atoms with Gasteiger partial charge < -0.3 is 25.8 Å². The first-order chi connectivity index (χ1) is 18.5. The number of hydrogen-bond acceptors (Lipinski definition) is 8. The molecule has 2 aromatic heterocycles. The molecule has 3 heterocycles. The van der Waals surface area contributed by atoms with Gasteiger partial charge in [0.05, 0.1) is 36.3 Å². The van der Waals surface area contributed by atoms with Crippen molar-refractivity contribution in [2.75, 3.05) is 24.4 Å². The van der Waals surface area contributed by atoms with Crippen LogP contribution in [0.15, 0.2) is 36.7 Å². The number of methoxy groups -OCH3 is 1. The van der Waals surface area contributed by atoms with E-state index in [0.29, 0.717) is 17.1 Å². The molecule has 2 amide bonds. The van der Waals surface area contributed by atoms with Crippen molar-refractivity contribution in [2.45, 2.75) is 56.6 Å². The van der Waals surface area contributed by atoms with Crippen LogP contribution in [0.25, 0.3) is 11.1 Å². The topological polar surface area (TPSA) is 146 Å². The molecular formula is C27H31N7O4. The summed E-state index contributed by atoms with van der Waals surface area (Å²) in [5, 5.41) is 18.6. The van der Waals surface area contributed by atoms with E-state index in [0.717, 1.165) is 56.3 Å². The number of amides is 2. The Hall–Kier alpha value is -3.99. The molecule has 1 spiro atoms. The first-order valence-corrected chi connectivity index (χ1v) is 13.1. The van der Waals surface area contributed by atoms with Gasteiger partial charge in [-0.1, -0.05) is 12.1 Å². The van der Waals surface area contributed by atoms with Gasteiger partial charge in [-0.05, 0) is 51.0 Å². The van der Waals surface area contributed by atoms with Gasteiger partial charge in [0.15, 0.2) is 11.5 Å². The summed E-state index contributed by atoms with van der Waals surface area (Å²) in [6, 6.07) is 7.46. The molecule has 11 nitrogen and oxygen atoms in total. The summed E-state index contributed by atoms with van der Waals surface area (Å²) in [4.78, 5) is 24.3. The lowest BCUT2D eigenvalue weighted by Gasteiger charge is -2.51. The Labute approximate surface area is 220 Å². The summed E-state index contributed by atoms with van der Waals surface area (Å²) in [6.45, 7) is 0.815. The van der Waals surface area contributed by atoms with Gasteiger partial charge in [0.2, 0.25) is 5.91 Å². The number of nitrogens with zero attached hydrogens (tertiary/aromatic N) is 4. The quantitative estimate of drug-likeness (QED) is 0.409. The van der Waals surface area contributed by atoms with Crippen LogP contribution in [0.4, 0.5) is 17.2 Å². The van der Waals surface area contributed by atoms with Crippen molar-refractivity contribution >= 4 is 29.0 Å². The number of carbonyl (C=O) groups is 2. The highest BCUT2D eigenvalue weighted by atomic mass is 16.5. The van der Waals surface area contributed by atoms with E-state index in [4.69, 9.17) is 20.3 Å². The fraction of sp³-hybridized carbons (Fsp3) is 0.444. The molecule has 198 valence electrons. The van der Waals surface area contributed by atoms with E-state index < -0.39 is 5.91 Å². The van der Waals surface area contributed by atoms with Crippen LogP contribution in [0, 0.1) is 5.92 Å². The highest BCUT2D eigenvalue weighted by Gasteiger charge is 2.50. The Bertz CT molecular complexity index is 1380. The molecule has 2 atom stereocenters. The molecule has 1 aromatic carbocycles. The summed E-state index contributed by atoms with van der Waals surface area (Å²) >= 11 is 0. The number of ether oxygens (including phenoxy) is 2. The molecule has 2 aliphatic carbocycles. The van der Waals surface area contributed by atoms with E-state index in [-0.39, 0.29) is 35.0 Å². The van der Waals surface area contributed by atoms with Gasteiger partial charge in [-0.15, -0.1) is 10.2 Å². The van der Waals surface area contributed by atoms with Crippen LogP contribution in [0.1, 0.15) is 61.5 Å². The molecule has 3 fully saturated rings. The first kappa shape index (κ1) is 24.4. The number of hydrogen-bond donors (Lipinski definition) is 3. The van der Waals surface area contributed by atoms with Crippen molar-refractivity contribution in [2.24, 2.45) is 11.7 Å². The maximum Gasteiger partial charge on any atom is 0.271 e. The standard InChI is InChI=1S/C27H31N7O4/c1-37-24-18(17-14-29-34(15-17)21-9-11-27(21)10-2-3-12-38-27)5-4-6-19(24)30-20-13-22(31-26(36)16-7-8-16)32-33-23(20)25(28)35/h4-6,13-16,21H,2-3,7-12H2,1H3,(H2,28,35)(H2,30,31,32,36). The van der Waals surface area contributed by atoms with Gasteiger partial charge in [-0.25, -0.2) is 0 Å². The molecule has 11 heteroatoms. The van der Waals surface area contributed by atoms with Crippen molar-refractivity contribution in [3.63, 3.8) is 0 Å². The minimum absolute atomic E-state index is 0.00112. The minimum atomic E-state index is -0.740. The van der Waals surface area contributed by atoms with Crippen LogP contribution >= 0.6 is 0 Å². The third-order valence-corrected chi connectivity index (χ3v) is 7.78. The van der Waals surface area contributed by atoms with Crippen LogP contribution in [0.2, 0.25) is 0 Å². The number of aromatic nitrogens is 4. The van der Waals surface area contributed by atoms with Crippen molar-refractivity contribution in [3.8, 4) is 16.9 Å². The molecule has 38 heavy (non-hydrogen) atoms. The first-order valence-electron chi connectivity index (χ1n) is 13.1. The number of nitrogens with one attached hydrogen (secondary N) is 2. The molecule has 6 rings (SSSR count). The van der Waals surface area contributed by atoms with E-state index in [2.05, 4.69) is 20.8 Å². The predicted octanol–water partition coefficient (Wildman–Crippen LogP) is 3.81. The molecule has 4 N–H and O–H groups in total. The molecule has 0 bridgehead atoms. The Kier molecular flexibility index (Phi) is 6.22. The highest BCUT2D eigenvalue weighted by Crippen LogP contribution is 2.50. The Balaban J connectivity index is 1.29. The number of carbonyl (C=O) groups excluding carboxylic acids is 2. The van der Waals surface area contributed by atoms with E-state index in [1.54, 1.807) is 13.2 Å². The van der Waals surface area contributed by atoms with Crippen LogP contribution in [0.3, 0.4) is 0 Å². The highest BCUT2D eigenvalue weighted by molar-refractivity contribution is 5.99. The average molecular weight is 518 g/mol. The third kappa shape index (κ3) is 4.47. The third-order valence-electron chi connectivity index (χ3n) is 7.78. The monoisotopic (exact) mass is 517 g/mol. The second kappa shape index (κ2) is 9.71. The number of anilines is 3. The molecule has 1 aliphatic heterocycles. The summed E-state index contributed by atoms with van der Waals surface area (Å²) < 4.78 is 14.1. The second-order valence-corrected chi connectivity index (χ2v) is 10.3. The number of primary amides is 1. The smallest absolute Gasteiger partial charge is 0.271 e. The van der Waals surface area contributed by atoms with Gasteiger partial charge in [-0.2, -0.15) is 5.10 Å². The Morgan fingerprint density at radius 2 is 2.03 bits per heavy atom. The predicted molar refractivity (Wildman–Crippen MR) is 140 cm³/mol. The number of nitrogens with two attached hydrogens (primary N) is 1. The zero-order chi connectivity index (χ0) is 26.3. The Morgan fingerprint density at radius 3 is 2.71 bits per heavy atom. The molecule has 0 radical (unpaired) electrons. The van der Waals surface area contributed by atoms with Gasteiger partial charge >= 0.3 is 0 Å². The average Bonchev–Trinajstić information content (AvgIpc) is 3.67. The molecule has 3 aliphatic rings. The van der Waals surface area contributed by atoms with Crippen molar-refractivity contribution < 1.29 is 19.1 Å². The SMILES string of the molecule is COc1c(Nc2cc(NC(=O)C3CC3)nnc2C(N)=O)cccc1-c1cnn(C2CCC23CCCCO3)c1. The second-order valence-electron chi connectivity index (χ2n) is 10.3. The molecular weight excluding hydrogens is 486 g/mol. The molecule has 1 saturated heterocycles. The molecule has 3 aromatic rings. The van der Waals surface area contributed by atoms with Crippen molar-refractivity contribution in [3.05, 3.63) is 42.4 Å². The van der Waals surface area contributed by atoms with Crippen LogP contribution in [-0.4, -0.2) is 51.1 Å². The summed E-state index contributed by atoms with van der Waals surface area (Å²) in [5.41, 5.74) is 8.08. The maximum absolute atomic E-state index is 12.2. The number of para-hydroxylation sites is 1. The van der Waals surface area contributed by atoms with Gasteiger partial charge in [-0.3, -0.25) is 14.3 Å². The zero-order valence-electron chi connectivity index (χ0n) is 21.3. The van der Waals surface area contributed by atoms with Crippen LogP contribution in [0.5, 0.6) is 5.75 Å². The normalized spacial score (nSPS) is 22.5. The maximum atomic E-state index is 12.2. The van der Waals surface area contributed by atoms with E-state index >= 15 is 0 Å². The minimum Gasteiger partial charge on any atom is -0.494 e. The number of rotatable bonds is 8. The van der Waals surface area contributed by atoms with E-state index in [9.17, 15) is 9.59 Å². The van der Waals surface area contributed by atoms with E-state index in [1.807, 2.05) is 35.3 Å². The van der Waals surface area contributed by atoms with Crippen LogP contribution in [-0.2, 0) is 9.53 Å². The van der Waals surface area contributed by atoms with Crippen LogP contribution < -0.4 is 21.1 Å². The fourth-order valence-electron chi connectivity index (χ4n) is 5.48. The lowest BCUT2D eigenvalue weighted by Crippen LogP contribution is -2.52. The molecule has 2 unspecified atom stereocenters.